The number of hydrogen-bond donors (Lipinski definition) is 1. The van der Waals surface area contributed by atoms with Crippen LogP contribution in [-0.2, 0) is 6.54 Å². The molecule has 3 aromatic rings. The Morgan fingerprint density at radius 2 is 1.96 bits per heavy atom. The molecule has 0 aliphatic carbocycles. The maximum absolute atomic E-state index is 12.9. The van der Waals surface area contributed by atoms with E-state index in [-0.39, 0.29) is 5.91 Å². The molecule has 6 nitrogen and oxygen atoms in total. The fourth-order valence-electron chi connectivity index (χ4n) is 3.42. The zero-order chi connectivity index (χ0) is 17.2. The number of nitrogens with one attached hydrogen (secondary N) is 1. The van der Waals surface area contributed by atoms with Gasteiger partial charge in [0.2, 0.25) is 5.95 Å². The van der Waals surface area contributed by atoms with E-state index in [2.05, 4.69) is 20.2 Å². The number of aromatic nitrogens is 3. The molecule has 1 aromatic carbocycles. The number of imidazole rings is 1. The van der Waals surface area contributed by atoms with Crippen molar-refractivity contribution >= 4 is 28.7 Å². The predicted octanol–water partition coefficient (Wildman–Crippen LogP) is 3.30. The Morgan fingerprint density at radius 3 is 2.76 bits per heavy atom. The molecule has 0 radical (unpaired) electrons. The first kappa shape index (κ1) is 15.6. The van der Waals surface area contributed by atoms with Gasteiger partial charge in [0.25, 0.3) is 5.91 Å². The fourth-order valence-corrected chi connectivity index (χ4v) is 3.42. The number of rotatable bonds is 4. The van der Waals surface area contributed by atoms with Crippen LogP contribution in [0.5, 0.6) is 0 Å². The van der Waals surface area contributed by atoms with Crippen LogP contribution in [0.2, 0.25) is 0 Å². The number of fused-ring (bicyclic) bond motifs is 1. The standard InChI is InChI=1S/C19H21N5O/c1-2-24-16-10-4-3-9-15(16)21-19(24)22-18(25)14-8-7-11-20-17(14)23-12-5-6-13-23/h3-4,7-11H,2,5-6,12-13H2,1H3,(H,21,22,25). The molecule has 6 heteroatoms. The molecule has 1 saturated heterocycles. The highest BCUT2D eigenvalue weighted by Crippen LogP contribution is 2.24. The van der Waals surface area contributed by atoms with E-state index in [1.54, 1.807) is 12.3 Å². The summed E-state index contributed by atoms with van der Waals surface area (Å²) in [5, 5.41) is 2.98. The average molecular weight is 335 g/mol. The Kier molecular flexibility index (Phi) is 4.09. The molecule has 4 rings (SSSR count). The van der Waals surface area contributed by atoms with Gasteiger partial charge in [-0.1, -0.05) is 12.1 Å². The van der Waals surface area contributed by atoms with Crippen molar-refractivity contribution in [1.82, 2.24) is 14.5 Å². The molecule has 0 unspecified atom stereocenters. The summed E-state index contributed by atoms with van der Waals surface area (Å²) >= 11 is 0. The molecule has 128 valence electrons. The number of amides is 1. The number of hydrogen-bond acceptors (Lipinski definition) is 4. The third kappa shape index (κ3) is 2.84. The normalized spacial score (nSPS) is 14.2. The van der Waals surface area contributed by atoms with Crippen molar-refractivity contribution in [3.05, 3.63) is 48.2 Å². The number of carbonyl (C=O) groups excluding carboxylic acids is 1. The molecule has 1 amide bonds. The van der Waals surface area contributed by atoms with Crippen molar-refractivity contribution in [1.29, 1.82) is 0 Å². The molecule has 25 heavy (non-hydrogen) atoms. The number of carbonyl (C=O) groups is 1. The summed E-state index contributed by atoms with van der Waals surface area (Å²) in [7, 11) is 0. The topological polar surface area (TPSA) is 63.1 Å². The maximum Gasteiger partial charge on any atom is 0.261 e. The van der Waals surface area contributed by atoms with Crippen LogP contribution in [0.15, 0.2) is 42.6 Å². The van der Waals surface area contributed by atoms with Crippen LogP contribution in [0, 0.1) is 0 Å². The third-order valence-corrected chi connectivity index (χ3v) is 4.63. The van der Waals surface area contributed by atoms with E-state index in [1.165, 1.54) is 0 Å². The van der Waals surface area contributed by atoms with E-state index >= 15 is 0 Å². The van der Waals surface area contributed by atoms with Crippen LogP contribution in [0.1, 0.15) is 30.1 Å². The number of para-hydroxylation sites is 2. The van der Waals surface area contributed by atoms with Crippen molar-refractivity contribution in [2.75, 3.05) is 23.3 Å². The second-order valence-corrected chi connectivity index (χ2v) is 6.19. The molecule has 1 aliphatic rings. The highest BCUT2D eigenvalue weighted by molar-refractivity contribution is 6.07. The molecule has 0 atom stereocenters. The number of anilines is 2. The summed E-state index contributed by atoms with van der Waals surface area (Å²) in [6.07, 6.45) is 4.03. The summed E-state index contributed by atoms with van der Waals surface area (Å²) in [5.41, 5.74) is 2.50. The molecule has 0 saturated carbocycles. The van der Waals surface area contributed by atoms with Crippen LogP contribution < -0.4 is 10.2 Å². The second kappa shape index (κ2) is 6.55. The number of pyridine rings is 1. The van der Waals surface area contributed by atoms with Crippen LogP contribution in [-0.4, -0.2) is 33.5 Å². The summed E-state index contributed by atoms with van der Waals surface area (Å²) in [5.74, 6) is 1.17. The Morgan fingerprint density at radius 1 is 1.16 bits per heavy atom. The molecule has 3 heterocycles. The first-order chi connectivity index (χ1) is 12.3. The molecular weight excluding hydrogens is 314 g/mol. The number of aryl methyl sites for hydroxylation is 1. The van der Waals surface area contributed by atoms with E-state index in [0.29, 0.717) is 11.5 Å². The van der Waals surface area contributed by atoms with Crippen molar-refractivity contribution in [3.8, 4) is 0 Å². The Bertz CT molecular complexity index is 911. The first-order valence-corrected chi connectivity index (χ1v) is 8.74. The lowest BCUT2D eigenvalue weighted by atomic mass is 10.2. The monoisotopic (exact) mass is 335 g/mol. The second-order valence-electron chi connectivity index (χ2n) is 6.19. The largest absolute Gasteiger partial charge is 0.356 e. The van der Waals surface area contributed by atoms with Gasteiger partial charge in [0.15, 0.2) is 0 Å². The maximum atomic E-state index is 12.9. The van der Waals surface area contributed by atoms with Gasteiger partial charge >= 0.3 is 0 Å². The zero-order valence-electron chi connectivity index (χ0n) is 14.3. The Labute approximate surface area is 146 Å². The van der Waals surface area contributed by atoms with E-state index in [4.69, 9.17) is 0 Å². The minimum absolute atomic E-state index is 0.167. The number of nitrogens with zero attached hydrogens (tertiary/aromatic N) is 4. The van der Waals surface area contributed by atoms with Gasteiger partial charge in [0, 0.05) is 25.8 Å². The van der Waals surface area contributed by atoms with Gasteiger partial charge in [-0.05, 0) is 44.0 Å². The highest BCUT2D eigenvalue weighted by Gasteiger charge is 2.22. The molecule has 1 aliphatic heterocycles. The third-order valence-electron chi connectivity index (χ3n) is 4.63. The SMILES string of the molecule is CCn1c(NC(=O)c2cccnc2N2CCCC2)nc2ccccc21. The summed E-state index contributed by atoms with van der Waals surface area (Å²) in [4.78, 5) is 24.1. The molecule has 0 bridgehead atoms. The first-order valence-electron chi connectivity index (χ1n) is 8.74. The van der Waals surface area contributed by atoms with Gasteiger partial charge in [-0.3, -0.25) is 10.1 Å². The van der Waals surface area contributed by atoms with Crippen molar-refractivity contribution in [3.63, 3.8) is 0 Å². The lowest BCUT2D eigenvalue weighted by Crippen LogP contribution is -2.24. The van der Waals surface area contributed by atoms with E-state index < -0.39 is 0 Å². The molecule has 0 spiro atoms. The van der Waals surface area contributed by atoms with E-state index in [1.807, 2.05) is 41.8 Å². The summed E-state index contributed by atoms with van der Waals surface area (Å²) < 4.78 is 2.01. The number of benzene rings is 1. The van der Waals surface area contributed by atoms with Gasteiger partial charge in [0.1, 0.15) is 5.82 Å². The van der Waals surface area contributed by atoms with Gasteiger partial charge in [-0.15, -0.1) is 0 Å². The van der Waals surface area contributed by atoms with Crippen molar-refractivity contribution < 1.29 is 4.79 Å². The average Bonchev–Trinajstić information content (AvgIpc) is 3.29. The lowest BCUT2D eigenvalue weighted by Gasteiger charge is -2.19. The molecule has 1 fully saturated rings. The zero-order valence-corrected chi connectivity index (χ0v) is 14.3. The van der Waals surface area contributed by atoms with E-state index in [0.717, 1.165) is 49.3 Å². The molecule has 1 N–H and O–H groups in total. The van der Waals surface area contributed by atoms with Crippen molar-refractivity contribution in [2.45, 2.75) is 26.3 Å². The fraction of sp³-hybridized carbons (Fsp3) is 0.316. The van der Waals surface area contributed by atoms with Crippen LogP contribution in [0.3, 0.4) is 0 Å². The lowest BCUT2D eigenvalue weighted by molar-refractivity contribution is 0.102. The van der Waals surface area contributed by atoms with Crippen LogP contribution >= 0.6 is 0 Å². The Hall–Kier alpha value is -2.89. The predicted molar refractivity (Wildman–Crippen MR) is 99.0 cm³/mol. The van der Waals surface area contributed by atoms with Crippen LogP contribution in [0.4, 0.5) is 11.8 Å². The quantitative estimate of drug-likeness (QED) is 0.794. The summed E-state index contributed by atoms with van der Waals surface area (Å²) in [6.45, 7) is 4.68. The summed E-state index contributed by atoms with van der Waals surface area (Å²) in [6, 6.07) is 11.5. The smallest absolute Gasteiger partial charge is 0.261 e. The minimum atomic E-state index is -0.167. The Balaban J connectivity index is 1.67. The molecule has 2 aromatic heterocycles. The van der Waals surface area contributed by atoms with Gasteiger partial charge in [-0.2, -0.15) is 0 Å². The van der Waals surface area contributed by atoms with E-state index in [9.17, 15) is 4.79 Å². The van der Waals surface area contributed by atoms with Gasteiger partial charge in [0.05, 0.1) is 16.6 Å². The van der Waals surface area contributed by atoms with Crippen molar-refractivity contribution in [2.24, 2.45) is 0 Å². The molecular formula is C19H21N5O. The van der Waals surface area contributed by atoms with Gasteiger partial charge in [-0.25, -0.2) is 9.97 Å². The minimum Gasteiger partial charge on any atom is -0.356 e. The highest BCUT2D eigenvalue weighted by atomic mass is 16.1. The van der Waals surface area contributed by atoms with Gasteiger partial charge < -0.3 is 9.47 Å². The van der Waals surface area contributed by atoms with Crippen LogP contribution in [0.25, 0.3) is 11.0 Å².